The van der Waals surface area contributed by atoms with Gasteiger partial charge in [-0.1, -0.05) is 26.0 Å². The number of rotatable bonds is 9. The molecule has 19 heavy (non-hydrogen) atoms. The molecule has 0 saturated heterocycles. The van der Waals surface area contributed by atoms with Gasteiger partial charge in [0.15, 0.2) is 0 Å². The minimum Gasteiger partial charge on any atom is -0.380 e. The fraction of sp³-hybridized carbons (Fsp3) is 0.571. The smallest absolute Gasteiger partial charge is 0.269 e. The molecule has 0 fully saturated rings. The van der Waals surface area contributed by atoms with Crippen molar-refractivity contribution in [3.8, 4) is 0 Å². The summed E-state index contributed by atoms with van der Waals surface area (Å²) in [4.78, 5) is 10.1. The molecule has 0 radical (unpaired) electrons. The third kappa shape index (κ3) is 6.88. The van der Waals surface area contributed by atoms with Crippen LogP contribution in [0.15, 0.2) is 24.3 Å². The molecule has 0 atom stereocenters. The summed E-state index contributed by atoms with van der Waals surface area (Å²) in [5, 5.41) is 13.7. The second kappa shape index (κ2) is 8.61. The minimum absolute atomic E-state index is 0.126. The average Bonchev–Trinajstić information content (AvgIpc) is 2.38. The number of nitrogens with zero attached hydrogens (tertiary/aromatic N) is 1. The molecule has 0 aromatic heterocycles. The van der Waals surface area contributed by atoms with E-state index in [9.17, 15) is 10.1 Å². The highest BCUT2D eigenvalue weighted by Gasteiger charge is 2.03. The van der Waals surface area contributed by atoms with Crippen LogP contribution >= 0.6 is 0 Å². The number of hydrogen-bond donors (Lipinski definition) is 1. The lowest BCUT2D eigenvalue weighted by molar-refractivity contribution is -0.384. The number of non-ortho nitro benzene ring substituents is 1. The molecule has 0 unspecified atom stereocenters. The summed E-state index contributed by atoms with van der Waals surface area (Å²) in [5.41, 5.74) is 1.16. The van der Waals surface area contributed by atoms with Crippen LogP contribution < -0.4 is 5.32 Å². The summed E-state index contributed by atoms with van der Waals surface area (Å²) in [5.74, 6) is 0.674. The Morgan fingerprint density at radius 1 is 1.26 bits per heavy atom. The van der Waals surface area contributed by atoms with Gasteiger partial charge in [-0.15, -0.1) is 0 Å². The molecule has 106 valence electrons. The van der Waals surface area contributed by atoms with Gasteiger partial charge in [-0.25, -0.2) is 0 Å². The summed E-state index contributed by atoms with van der Waals surface area (Å²) >= 11 is 0. The molecule has 0 bridgehead atoms. The van der Waals surface area contributed by atoms with E-state index in [2.05, 4.69) is 19.2 Å². The van der Waals surface area contributed by atoms with Crippen molar-refractivity contribution in [2.45, 2.75) is 26.8 Å². The highest BCUT2D eigenvalue weighted by Crippen LogP contribution is 2.11. The lowest BCUT2D eigenvalue weighted by Crippen LogP contribution is -2.19. The summed E-state index contributed by atoms with van der Waals surface area (Å²) < 4.78 is 5.48. The van der Waals surface area contributed by atoms with Gasteiger partial charge in [-0.3, -0.25) is 10.1 Å². The van der Waals surface area contributed by atoms with Gasteiger partial charge in [-0.05, 0) is 17.9 Å². The molecule has 1 aromatic rings. The van der Waals surface area contributed by atoms with Crippen molar-refractivity contribution in [3.63, 3.8) is 0 Å². The van der Waals surface area contributed by atoms with Crippen LogP contribution in [0.2, 0.25) is 0 Å². The highest BCUT2D eigenvalue weighted by atomic mass is 16.6. The number of ether oxygens (including phenoxy) is 1. The molecule has 1 rings (SSSR count). The van der Waals surface area contributed by atoms with Crippen LogP contribution in [0.25, 0.3) is 0 Å². The first-order chi connectivity index (χ1) is 9.09. The predicted molar refractivity (Wildman–Crippen MR) is 75.1 cm³/mol. The molecular weight excluding hydrogens is 244 g/mol. The number of nitrogens with one attached hydrogen (secondary N) is 1. The van der Waals surface area contributed by atoms with Gasteiger partial charge < -0.3 is 10.1 Å². The molecule has 0 spiro atoms. The SMILES string of the molecule is CC(C)CCOCCNCc1ccc([N+](=O)[O-])cc1. The average molecular weight is 266 g/mol. The third-order valence-electron chi connectivity index (χ3n) is 2.74. The minimum atomic E-state index is -0.389. The second-order valence-corrected chi connectivity index (χ2v) is 4.90. The molecule has 0 amide bonds. The first-order valence-electron chi connectivity index (χ1n) is 6.61. The molecule has 0 aliphatic rings. The summed E-state index contributed by atoms with van der Waals surface area (Å²) in [7, 11) is 0. The van der Waals surface area contributed by atoms with Crippen molar-refractivity contribution in [1.82, 2.24) is 5.32 Å². The Balaban J connectivity index is 2.11. The van der Waals surface area contributed by atoms with E-state index in [4.69, 9.17) is 4.74 Å². The maximum absolute atomic E-state index is 10.5. The predicted octanol–water partition coefficient (Wildman–Crippen LogP) is 2.75. The highest BCUT2D eigenvalue weighted by molar-refractivity contribution is 5.32. The van der Waals surface area contributed by atoms with Crippen LogP contribution in [0, 0.1) is 16.0 Å². The normalized spacial score (nSPS) is 10.9. The lowest BCUT2D eigenvalue weighted by atomic mass is 10.1. The molecule has 0 aliphatic heterocycles. The third-order valence-corrected chi connectivity index (χ3v) is 2.74. The van der Waals surface area contributed by atoms with Crippen molar-refractivity contribution in [2.24, 2.45) is 5.92 Å². The lowest BCUT2D eigenvalue weighted by Gasteiger charge is -2.07. The molecule has 5 heteroatoms. The topological polar surface area (TPSA) is 64.4 Å². The van der Waals surface area contributed by atoms with Crippen LogP contribution in [-0.2, 0) is 11.3 Å². The zero-order valence-electron chi connectivity index (χ0n) is 11.6. The molecular formula is C14H22N2O3. The zero-order valence-corrected chi connectivity index (χ0v) is 11.6. The van der Waals surface area contributed by atoms with E-state index >= 15 is 0 Å². The Morgan fingerprint density at radius 2 is 1.95 bits per heavy atom. The number of hydrogen-bond acceptors (Lipinski definition) is 4. The van der Waals surface area contributed by atoms with E-state index in [0.29, 0.717) is 19.1 Å². The van der Waals surface area contributed by atoms with Crippen molar-refractivity contribution in [3.05, 3.63) is 39.9 Å². The van der Waals surface area contributed by atoms with Gasteiger partial charge in [-0.2, -0.15) is 0 Å². The molecule has 1 N–H and O–H groups in total. The van der Waals surface area contributed by atoms with E-state index in [0.717, 1.165) is 25.1 Å². The first-order valence-corrected chi connectivity index (χ1v) is 6.61. The monoisotopic (exact) mass is 266 g/mol. The van der Waals surface area contributed by atoms with Crippen molar-refractivity contribution in [2.75, 3.05) is 19.8 Å². The van der Waals surface area contributed by atoms with Crippen LogP contribution in [0.5, 0.6) is 0 Å². The Kier molecular flexibility index (Phi) is 7.07. The second-order valence-electron chi connectivity index (χ2n) is 4.90. The van der Waals surface area contributed by atoms with E-state index in [1.54, 1.807) is 12.1 Å². The van der Waals surface area contributed by atoms with E-state index in [1.807, 2.05) is 0 Å². The van der Waals surface area contributed by atoms with Gasteiger partial charge in [0, 0.05) is 31.8 Å². The Labute approximate surface area is 114 Å². The summed E-state index contributed by atoms with van der Waals surface area (Å²) in [6, 6.07) is 6.59. The fourth-order valence-electron chi connectivity index (χ4n) is 1.53. The van der Waals surface area contributed by atoms with Gasteiger partial charge in [0.05, 0.1) is 11.5 Å². The maximum atomic E-state index is 10.5. The number of nitro benzene ring substituents is 1. The van der Waals surface area contributed by atoms with Crippen LogP contribution in [0.4, 0.5) is 5.69 Å². The van der Waals surface area contributed by atoms with E-state index in [-0.39, 0.29) is 10.6 Å². The van der Waals surface area contributed by atoms with E-state index in [1.165, 1.54) is 12.1 Å². The standard InChI is InChI=1S/C14H22N2O3/c1-12(2)7-9-19-10-8-15-11-13-3-5-14(6-4-13)16(17)18/h3-6,12,15H,7-11H2,1-2H3. The largest absolute Gasteiger partial charge is 0.380 e. The summed E-state index contributed by atoms with van der Waals surface area (Å²) in [6.07, 6.45) is 1.09. The quantitative estimate of drug-likeness (QED) is 0.424. The fourth-order valence-corrected chi connectivity index (χ4v) is 1.53. The van der Waals surface area contributed by atoms with Gasteiger partial charge in [0.25, 0.3) is 5.69 Å². The molecule has 0 heterocycles. The Morgan fingerprint density at radius 3 is 2.53 bits per heavy atom. The first kappa shape index (κ1) is 15.6. The number of nitro groups is 1. The number of benzene rings is 1. The molecule has 5 nitrogen and oxygen atoms in total. The molecule has 0 aliphatic carbocycles. The van der Waals surface area contributed by atoms with Gasteiger partial charge >= 0.3 is 0 Å². The summed E-state index contributed by atoms with van der Waals surface area (Å²) in [6.45, 7) is 7.34. The molecule has 0 saturated carbocycles. The van der Waals surface area contributed by atoms with Crippen LogP contribution in [0.1, 0.15) is 25.8 Å². The maximum Gasteiger partial charge on any atom is 0.269 e. The Bertz CT molecular complexity index is 377. The van der Waals surface area contributed by atoms with Crippen LogP contribution in [0.3, 0.4) is 0 Å². The van der Waals surface area contributed by atoms with Crippen LogP contribution in [-0.4, -0.2) is 24.7 Å². The van der Waals surface area contributed by atoms with E-state index < -0.39 is 0 Å². The van der Waals surface area contributed by atoms with Gasteiger partial charge in [0.1, 0.15) is 0 Å². The Hall–Kier alpha value is -1.46. The van der Waals surface area contributed by atoms with Crippen molar-refractivity contribution < 1.29 is 9.66 Å². The van der Waals surface area contributed by atoms with Crippen molar-refractivity contribution >= 4 is 5.69 Å². The zero-order chi connectivity index (χ0) is 14.1. The van der Waals surface area contributed by atoms with Gasteiger partial charge in [0.2, 0.25) is 0 Å². The molecule has 1 aromatic carbocycles. The van der Waals surface area contributed by atoms with Crippen molar-refractivity contribution in [1.29, 1.82) is 0 Å².